The molecule has 0 aliphatic heterocycles. The molecule has 5 nitrogen and oxygen atoms in total. The van der Waals surface area contributed by atoms with E-state index in [9.17, 15) is 10.1 Å². The van der Waals surface area contributed by atoms with Crippen molar-refractivity contribution in [2.75, 3.05) is 19.5 Å². The van der Waals surface area contributed by atoms with Crippen molar-refractivity contribution in [3.63, 3.8) is 0 Å². The van der Waals surface area contributed by atoms with Gasteiger partial charge >= 0.3 is 0 Å². The van der Waals surface area contributed by atoms with Crippen molar-refractivity contribution in [2.24, 2.45) is 5.92 Å². The lowest BCUT2D eigenvalue weighted by Gasteiger charge is -2.15. The highest BCUT2D eigenvalue weighted by Crippen LogP contribution is 2.28. The summed E-state index contributed by atoms with van der Waals surface area (Å²) < 4.78 is 10.6. The van der Waals surface area contributed by atoms with Gasteiger partial charge in [0.2, 0.25) is 5.91 Å². The fourth-order valence-corrected chi connectivity index (χ4v) is 3.01. The molecule has 0 bridgehead atoms. The maximum atomic E-state index is 12.7. The Morgan fingerprint density at radius 2 is 1.85 bits per heavy atom. The van der Waals surface area contributed by atoms with E-state index >= 15 is 0 Å². The minimum atomic E-state index is -0.857. The van der Waals surface area contributed by atoms with Crippen molar-refractivity contribution in [1.82, 2.24) is 0 Å². The molecule has 5 heteroatoms. The lowest BCUT2D eigenvalue weighted by Crippen LogP contribution is -2.23. The Bertz CT molecular complexity index is 1000. The normalized spacial score (nSPS) is 11.4. The largest absolute Gasteiger partial charge is 0.497 e. The zero-order valence-electron chi connectivity index (χ0n) is 15.2. The molecule has 0 aromatic heterocycles. The third-order valence-electron chi connectivity index (χ3n) is 4.43. The second-order valence-electron chi connectivity index (χ2n) is 6.08. The number of hydrogen-bond acceptors (Lipinski definition) is 4. The van der Waals surface area contributed by atoms with Gasteiger partial charge in [-0.3, -0.25) is 4.79 Å². The zero-order valence-corrected chi connectivity index (χ0v) is 15.2. The summed E-state index contributed by atoms with van der Waals surface area (Å²) in [7, 11) is 3.13. The Kier molecular flexibility index (Phi) is 5.58. The van der Waals surface area contributed by atoms with Crippen LogP contribution in [0.4, 0.5) is 5.69 Å². The van der Waals surface area contributed by atoms with Crippen molar-refractivity contribution in [1.29, 1.82) is 5.26 Å². The Balaban J connectivity index is 1.84. The number of anilines is 1. The second kappa shape index (κ2) is 8.24. The van der Waals surface area contributed by atoms with Crippen molar-refractivity contribution in [3.05, 3.63) is 66.2 Å². The number of nitrogens with one attached hydrogen (secondary N) is 1. The molecule has 0 spiro atoms. The molecular formula is C22H20N2O3. The average molecular weight is 360 g/mol. The highest BCUT2D eigenvalue weighted by molar-refractivity contribution is 6.03. The van der Waals surface area contributed by atoms with E-state index in [0.717, 1.165) is 16.3 Å². The molecule has 27 heavy (non-hydrogen) atoms. The summed E-state index contributed by atoms with van der Waals surface area (Å²) in [5.41, 5.74) is 1.44. The molecule has 0 aliphatic rings. The molecule has 3 aromatic rings. The van der Waals surface area contributed by atoms with E-state index in [1.807, 2.05) is 42.5 Å². The molecule has 0 saturated heterocycles. The fourth-order valence-electron chi connectivity index (χ4n) is 3.01. The second-order valence-corrected chi connectivity index (χ2v) is 6.08. The monoisotopic (exact) mass is 360 g/mol. The molecular weight excluding hydrogens is 340 g/mol. The molecule has 3 aromatic carbocycles. The Morgan fingerprint density at radius 3 is 2.59 bits per heavy atom. The van der Waals surface area contributed by atoms with E-state index in [-0.39, 0.29) is 12.3 Å². The summed E-state index contributed by atoms with van der Waals surface area (Å²) in [6.07, 6.45) is 0.230. The number of amides is 1. The van der Waals surface area contributed by atoms with Gasteiger partial charge in [0.1, 0.15) is 17.4 Å². The average Bonchev–Trinajstić information content (AvgIpc) is 2.72. The van der Waals surface area contributed by atoms with Crippen LogP contribution in [0, 0.1) is 17.2 Å². The SMILES string of the molecule is COc1ccc(OC)c(CC(C#N)C(=O)Nc2cccc3ccccc23)c1. The lowest BCUT2D eigenvalue weighted by atomic mass is 9.98. The first-order valence-electron chi connectivity index (χ1n) is 8.55. The maximum absolute atomic E-state index is 12.7. The van der Waals surface area contributed by atoms with Gasteiger partial charge in [0.15, 0.2) is 0 Å². The van der Waals surface area contributed by atoms with Crippen LogP contribution < -0.4 is 14.8 Å². The van der Waals surface area contributed by atoms with Gasteiger partial charge in [-0.2, -0.15) is 5.26 Å². The smallest absolute Gasteiger partial charge is 0.242 e. The van der Waals surface area contributed by atoms with E-state index in [1.165, 1.54) is 0 Å². The number of methoxy groups -OCH3 is 2. The molecule has 0 aliphatic carbocycles. The summed E-state index contributed by atoms with van der Waals surface area (Å²) in [5.74, 6) is 0.0645. The molecule has 1 atom stereocenters. The van der Waals surface area contributed by atoms with Crippen LogP contribution in [0.25, 0.3) is 10.8 Å². The lowest BCUT2D eigenvalue weighted by molar-refractivity contribution is -0.118. The molecule has 1 N–H and O–H groups in total. The molecule has 1 unspecified atom stereocenters. The number of hydrogen-bond donors (Lipinski definition) is 1. The van der Waals surface area contributed by atoms with Gasteiger partial charge < -0.3 is 14.8 Å². The first-order valence-corrected chi connectivity index (χ1v) is 8.55. The van der Waals surface area contributed by atoms with Crippen molar-refractivity contribution >= 4 is 22.4 Å². The van der Waals surface area contributed by atoms with Crippen LogP contribution in [-0.2, 0) is 11.2 Å². The highest BCUT2D eigenvalue weighted by atomic mass is 16.5. The van der Waals surface area contributed by atoms with Crippen molar-refractivity contribution in [2.45, 2.75) is 6.42 Å². The predicted octanol–water partition coefficient (Wildman–Crippen LogP) is 4.18. The number of fused-ring (bicyclic) bond motifs is 1. The van der Waals surface area contributed by atoms with Crippen LogP contribution in [0.2, 0.25) is 0 Å². The number of ether oxygens (including phenoxy) is 2. The summed E-state index contributed by atoms with van der Waals surface area (Å²) in [5, 5.41) is 14.4. The van der Waals surface area contributed by atoms with Crippen LogP contribution >= 0.6 is 0 Å². The van der Waals surface area contributed by atoms with Gasteiger partial charge in [-0.05, 0) is 35.2 Å². The predicted molar refractivity (Wildman–Crippen MR) is 105 cm³/mol. The van der Waals surface area contributed by atoms with E-state index < -0.39 is 5.92 Å². The fraction of sp³-hybridized carbons (Fsp3) is 0.182. The maximum Gasteiger partial charge on any atom is 0.242 e. The quantitative estimate of drug-likeness (QED) is 0.716. The summed E-state index contributed by atoms with van der Waals surface area (Å²) in [6, 6.07) is 20.9. The number of carbonyl (C=O) groups excluding carboxylic acids is 1. The van der Waals surface area contributed by atoms with E-state index in [0.29, 0.717) is 17.2 Å². The third-order valence-corrected chi connectivity index (χ3v) is 4.43. The molecule has 0 radical (unpaired) electrons. The minimum Gasteiger partial charge on any atom is -0.497 e. The first kappa shape index (κ1) is 18.3. The van der Waals surface area contributed by atoms with Gasteiger partial charge in [-0.1, -0.05) is 36.4 Å². The van der Waals surface area contributed by atoms with Crippen LogP contribution in [0.15, 0.2) is 60.7 Å². The van der Waals surface area contributed by atoms with Gasteiger partial charge in [0, 0.05) is 17.5 Å². The van der Waals surface area contributed by atoms with Crippen LogP contribution in [0.5, 0.6) is 11.5 Å². The van der Waals surface area contributed by atoms with Gasteiger partial charge in [-0.25, -0.2) is 0 Å². The number of carbonyl (C=O) groups is 1. The van der Waals surface area contributed by atoms with Crippen LogP contribution in [0.3, 0.4) is 0 Å². The molecule has 0 fully saturated rings. The third kappa shape index (κ3) is 4.01. The number of nitrogens with zero attached hydrogens (tertiary/aromatic N) is 1. The van der Waals surface area contributed by atoms with Gasteiger partial charge in [0.25, 0.3) is 0 Å². The Labute approximate surface area is 158 Å². The first-order chi connectivity index (χ1) is 13.2. The summed E-state index contributed by atoms with van der Waals surface area (Å²) in [4.78, 5) is 12.7. The number of benzene rings is 3. The van der Waals surface area contributed by atoms with Gasteiger partial charge in [0.05, 0.1) is 20.3 Å². The molecule has 136 valence electrons. The topological polar surface area (TPSA) is 71.3 Å². The molecule has 1 amide bonds. The van der Waals surface area contributed by atoms with Crippen molar-refractivity contribution < 1.29 is 14.3 Å². The van der Waals surface area contributed by atoms with E-state index in [4.69, 9.17) is 9.47 Å². The summed E-state index contributed by atoms with van der Waals surface area (Å²) in [6.45, 7) is 0. The van der Waals surface area contributed by atoms with Crippen molar-refractivity contribution in [3.8, 4) is 17.6 Å². The van der Waals surface area contributed by atoms with Gasteiger partial charge in [-0.15, -0.1) is 0 Å². The molecule has 3 rings (SSSR count). The van der Waals surface area contributed by atoms with E-state index in [1.54, 1.807) is 32.4 Å². The molecule has 0 saturated carbocycles. The summed E-state index contributed by atoms with van der Waals surface area (Å²) >= 11 is 0. The molecule has 0 heterocycles. The minimum absolute atomic E-state index is 0.230. The standard InChI is InChI=1S/C22H20N2O3/c1-26-18-10-11-21(27-2)16(13-18)12-17(14-23)22(25)24-20-9-5-7-15-6-3-4-8-19(15)20/h3-11,13,17H,12H2,1-2H3,(H,24,25). The number of nitriles is 1. The van der Waals surface area contributed by atoms with E-state index in [2.05, 4.69) is 11.4 Å². The zero-order chi connectivity index (χ0) is 19.2. The Hall–Kier alpha value is -3.52. The van der Waals surface area contributed by atoms with Crippen LogP contribution in [-0.4, -0.2) is 20.1 Å². The highest BCUT2D eigenvalue weighted by Gasteiger charge is 2.21. The Morgan fingerprint density at radius 1 is 1.07 bits per heavy atom. The van der Waals surface area contributed by atoms with Crippen LogP contribution in [0.1, 0.15) is 5.56 Å². The number of rotatable bonds is 6.